The zero-order chi connectivity index (χ0) is 14.5. The molecule has 4 nitrogen and oxygen atoms in total. The third-order valence-electron chi connectivity index (χ3n) is 4.02. The number of nitrogens with zero attached hydrogens (tertiary/aromatic N) is 1. The molecule has 2 N–H and O–H groups in total. The highest BCUT2D eigenvalue weighted by Crippen LogP contribution is 2.29. The number of nitrogens with two attached hydrogens (primary N) is 1. The number of nitrogen functional groups attached to an aromatic ring is 1. The van der Waals surface area contributed by atoms with Crippen LogP contribution in [0.4, 0.5) is 11.4 Å². The van der Waals surface area contributed by atoms with Gasteiger partial charge < -0.3 is 15.4 Å². The number of ether oxygens (including phenoxy) is 1. The lowest BCUT2D eigenvalue weighted by Gasteiger charge is -2.38. The quantitative estimate of drug-likeness (QED) is 0.677. The van der Waals surface area contributed by atoms with Crippen molar-refractivity contribution in [3.8, 4) is 0 Å². The van der Waals surface area contributed by atoms with Crippen molar-refractivity contribution >= 4 is 17.3 Å². The Hall–Kier alpha value is -1.71. The molecule has 1 atom stereocenters. The first-order valence-corrected chi connectivity index (χ1v) is 7.41. The van der Waals surface area contributed by atoms with Crippen molar-refractivity contribution < 1.29 is 9.53 Å². The second-order valence-corrected chi connectivity index (χ2v) is 5.39. The van der Waals surface area contributed by atoms with Gasteiger partial charge in [-0.25, -0.2) is 4.79 Å². The highest BCUT2D eigenvalue weighted by Gasteiger charge is 2.23. The predicted octanol–water partition coefficient (Wildman–Crippen LogP) is 3.21. The molecule has 1 saturated heterocycles. The van der Waals surface area contributed by atoms with Gasteiger partial charge in [-0.3, -0.25) is 0 Å². The molecule has 20 heavy (non-hydrogen) atoms. The molecule has 4 heteroatoms. The summed E-state index contributed by atoms with van der Waals surface area (Å²) in [6, 6.07) is 6.26. The van der Waals surface area contributed by atoms with Gasteiger partial charge >= 0.3 is 5.97 Å². The molecule has 110 valence electrons. The van der Waals surface area contributed by atoms with Crippen molar-refractivity contribution in [3.05, 3.63) is 23.8 Å². The molecule has 0 bridgehead atoms. The summed E-state index contributed by atoms with van der Waals surface area (Å²) in [4.78, 5) is 14.2. The van der Waals surface area contributed by atoms with Crippen molar-refractivity contribution in [1.29, 1.82) is 0 Å². The highest BCUT2D eigenvalue weighted by molar-refractivity contribution is 5.96. The van der Waals surface area contributed by atoms with E-state index in [0.29, 0.717) is 17.3 Å². The lowest BCUT2D eigenvalue weighted by Crippen LogP contribution is -2.39. The lowest BCUT2D eigenvalue weighted by molar-refractivity contribution is 0.0602. The van der Waals surface area contributed by atoms with Crippen LogP contribution in [0.15, 0.2) is 18.2 Å². The minimum Gasteiger partial charge on any atom is -0.465 e. The van der Waals surface area contributed by atoms with Crippen LogP contribution in [0.2, 0.25) is 0 Å². The second-order valence-electron chi connectivity index (χ2n) is 5.39. The summed E-state index contributed by atoms with van der Waals surface area (Å²) in [5, 5.41) is 0. The molecular weight excluding hydrogens is 252 g/mol. The van der Waals surface area contributed by atoms with Gasteiger partial charge in [0.15, 0.2) is 0 Å². The average molecular weight is 276 g/mol. The van der Waals surface area contributed by atoms with Crippen LogP contribution in [-0.2, 0) is 4.74 Å². The summed E-state index contributed by atoms with van der Waals surface area (Å²) in [7, 11) is 1.38. The van der Waals surface area contributed by atoms with Crippen LogP contribution in [0.5, 0.6) is 0 Å². The van der Waals surface area contributed by atoms with Gasteiger partial charge in [-0.1, -0.05) is 13.3 Å². The van der Waals surface area contributed by atoms with E-state index in [0.717, 1.165) is 12.2 Å². The van der Waals surface area contributed by atoms with E-state index in [2.05, 4.69) is 11.8 Å². The molecule has 0 aliphatic carbocycles. The van der Waals surface area contributed by atoms with Crippen molar-refractivity contribution in [3.63, 3.8) is 0 Å². The average Bonchev–Trinajstić information content (AvgIpc) is 2.48. The molecule has 1 aliphatic rings. The van der Waals surface area contributed by atoms with E-state index in [1.54, 1.807) is 6.07 Å². The van der Waals surface area contributed by atoms with E-state index in [9.17, 15) is 4.79 Å². The second kappa shape index (κ2) is 6.64. The molecular formula is C16H24N2O2. The molecule has 1 aromatic rings. The first-order chi connectivity index (χ1) is 9.67. The summed E-state index contributed by atoms with van der Waals surface area (Å²) in [6.07, 6.45) is 6.10. The zero-order valence-corrected chi connectivity index (χ0v) is 12.4. The number of methoxy groups -OCH3 is 1. The first-order valence-electron chi connectivity index (χ1n) is 7.41. The fourth-order valence-corrected chi connectivity index (χ4v) is 2.98. The van der Waals surface area contributed by atoms with E-state index in [4.69, 9.17) is 10.5 Å². The smallest absolute Gasteiger partial charge is 0.340 e. The molecule has 0 aromatic heterocycles. The third-order valence-corrected chi connectivity index (χ3v) is 4.02. The summed E-state index contributed by atoms with van der Waals surface area (Å²) in [5.41, 5.74) is 7.89. The minimum absolute atomic E-state index is 0.367. The van der Waals surface area contributed by atoms with E-state index >= 15 is 0 Å². The van der Waals surface area contributed by atoms with Gasteiger partial charge in [0, 0.05) is 24.0 Å². The molecule has 2 rings (SSSR count). The van der Waals surface area contributed by atoms with Crippen molar-refractivity contribution in [2.45, 2.75) is 45.1 Å². The summed E-state index contributed by atoms with van der Waals surface area (Å²) >= 11 is 0. The molecule has 0 radical (unpaired) electrons. The molecule has 1 fully saturated rings. The Kier molecular flexibility index (Phi) is 4.88. The Morgan fingerprint density at radius 3 is 2.95 bits per heavy atom. The number of esters is 1. The number of hydrogen-bond acceptors (Lipinski definition) is 4. The summed E-state index contributed by atoms with van der Waals surface area (Å²) < 4.78 is 4.80. The summed E-state index contributed by atoms with van der Waals surface area (Å²) in [6.45, 7) is 3.27. The van der Waals surface area contributed by atoms with Crippen molar-refractivity contribution in [1.82, 2.24) is 0 Å². The molecule has 1 aromatic carbocycles. The predicted molar refractivity (Wildman–Crippen MR) is 82.1 cm³/mol. The lowest BCUT2D eigenvalue weighted by atomic mass is 9.97. The van der Waals surface area contributed by atoms with E-state index in [1.165, 1.54) is 39.2 Å². The molecule has 1 unspecified atom stereocenters. The number of carbonyl (C=O) groups excluding carboxylic acids is 1. The van der Waals surface area contributed by atoms with Gasteiger partial charge in [-0.05, 0) is 43.9 Å². The standard InChI is InChI=1S/C16H24N2O2/c1-3-6-12-7-4-5-10-18(12)13-8-9-15(17)14(11-13)16(19)20-2/h8-9,11-12H,3-7,10,17H2,1-2H3. The molecule has 0 amide bonds. The zero-order valence-electron chi connectivity index (χ0n) is 12.4. The first kappa shape index (κ1) is 14.7. The molecule has 0 saturated carbocycles. The van der Waals surface area contributed by atoms with Gasteiger partial charge in [-0.15, -0.1) is 0 Å². The normalized spacial score (nSPS) is 18.9. The van der Waals surface area contributed by atoms with Crippen molar-refractivity contribution in [2.75, 3.05) is 24.3 Å². The fourth-order valence-electron chi connectivity index (χ4n) is 2.98. The highest BCUT2D eigenvalue weighted by atomic mass is 16.5. The van der Waals surface area contributed by atoms with Crippen LogP contribution in [0.3, 0.4) is 0 Å². The van der Waals surface area contributed by atoms with E-state index in [-0.39, 0.29) is 5.97 Å². The number of piperidine rings is 1. The van der Waals surface area contributed by atoms with Crippen LogP contribution in [-0.4, -0.2) is 25.7 Å². The fraction of sp³-hybridized carbons (Fsp3) is 0.562. The van der Waals surface area contributed by atoms with Gasteiger partial charge in [-0.2, -0.15) is 0 Å². The van der Waals surface area contributed by atoms with Crippen molar-refractivity contribution in [2.24, 2.45) is 0 Å². The number of hydrogen-bond donors (Lipinski definition) is 1. The van der Waals surface area contributed by atoms with E-state index in [1.807, 2.05) is 12.1 Å². The largest absolute Gasteiger partial charge is 0.465 e. The van der Waals surface area contributed by atoms with Crippen LogP contribution < -0.4 is 10.6 Å². The molecule has 1 heterocycles. The maximum atomic E-state index is 11.8. The van der Waals surface area contributed by atoms with Crippen LogP contribution >= 0.6 is 0 Å². The van der Waals surface area contributed by atoms with Gasteiger partial charge in [0.25, 0.3) is 0 Å². The molecule has 0 spiro atoms. The van der Waals surface area contributed by atoms with Gasteiger partial charge in [0.05, 0.1) is 12.7 Å². The Morgan fingerprint density at radius 1 is 1.45 bits per heavy atom. The van der Waals surface area contributed by atoms with Gasteiger partial charge in [0.1, 0.15) is 0 Å². The number of anilines is 2. The SMILES string of the molecule is CCCC1CCCCN1c1ccc(N)c(C(=O)OC)c1. The van der Waals surface area contributed by atoms with Gasteiger partial charge in [0.2, 0.25) is 0 Å². The Morgan fingerprint density at radius 2 is 2.25 bits per heavy atom. The summed E-state index contributed by atoms with van der Waals surface area (Å²) in [5.74, 6) is -0.367. The third kappa shape index (κ3) is 3.06. The Bertz CT molecular complexity index is 472. The molecule has 1 aliphatic heterocycles. The maximum absolute atomic E-state index is 11.8. The minimum atomic E-state index is -0.367. The maximum Gasteiger partial charge on any atom is 0.340 e. The number of carbonyl (C=O) groups is 1. The van der Waals surface area contributed by atoms with Crippen LogP contribution in [0, 0.1) is 0 Å². The van der Waals surface area contributed by atoms with E-state index < -0.39 is 0 Å². The monoisotopic (exact) mass is 276 g/mol. The number of benzene rings is 1. The Labute approximate surface area is 120 Å². The van der Waals surface area contributed by atoms with Crippen LogP contribution in [0.1, 0.15) is 49.4 Å². The Balaban J connectivity index is 2.28. The van der Waals surface area contributed by atoms with Crippen LogP contribution in [0.25, 0.3) is 0 Å². The number of rotatable bonds is 4. The topological polar surface area (TPSA) is 55.6 Å².